The maximum atomic E-state index is 12.7. The molecule has 0 aliphatic carbocycles. The standard InChI is InChI=1S/C18H12BrNO/c1-2-12-20-17(13-8-4-3-5-9-13)16(19)14-10-6-7-11-15(14)18(20)21/h1,3-11H,12H2. The lowest BCUT2D eigenvalue weighted by atomic mass is 10.1. The second-order valence-corrected chi connectivity index (χ2v) is 5.46. The van der Waals surface area contributed by atoms with Gasteiger partial charge >= 0.3 is 0 Å². The van der Waals surface area contributed by atoms with Gasteiger partial charge in [-0.05, 0) is 27.6 Å². The second kappa shape index (κ2) is 5.59. The van der Waals surface area contributed by atoms with E-state index >= 15 is 0 Å². The fraction of sp³-hybridized carbons (Fsp3) is 0.0556. The van der Waals surface area contributed by atoms with Gasteiger partial charge in [0.05, 0.1) is 12.2 Å². The number of fused-ring (bicyclic) bond motifs is 1. The van der Waals surface area contributed by atoms with Crippen molar-refractivity contribution in [2.24, 2.45) is 0 Å². The average molecular weight is 338 g/mol. The maximum Gasteiger partial charge on any atom is 0.259 e. The number of aromatic nitrogens is 1. The number of hydrogen-bond acceptors (Lipinski definition) is 1. The lowest BCUT2D eigenvalue weighted by Gasteiger charge is -2.15. The minimum Gasteiger partial charge on any atom is -0.295 e. The molecule has 3 aromatic rings. The first kappa shape index (κ1) is 13.7. The third kappa shape index (κ3) is 2.28. The minimum atomic E-state index is -0.0643. The molecule has 0 saturated carbocycles. The van der Waals surface area contributed by atoms with Crippen molar-refractivity contribution >= 4 is 26.7 Å². The molecule has 0 amide bonds. The van der Waals surface area contributed by atoms with Crippen LogP contribution in [-0.4, -0.2) is 4.57 Å². The van der Waals surface area contributed by atoms with Gasteiger partial charge in [-0.3, -0.25) is 9.36 Å². The zero-order chi connectivity index (χ0) is 14.8. The molecule has 0 aliphatic rings. The van der Waals surface area contributed by atoms with Gasteiger partial charge in [-0.1, -0.05) is 54.5 Å². The molecule has 1 aromatic heterocycles. The molecule has 0 atom stereocenters. The van der Waals surface area contributed by atoms with E-state index in [2.05, 4.69) is 21.9 Å². The van der Waals surface area contributed by atoms with Crippen molar-refractivity contribution in [3.05, 3.63) is 69.4 Å². The highest BCUT2D eigenvalue weighted by Gasteiger charge is 2.15. The number of rotatable bonds is 2. The number of nitrogens with zero attached hydrogens (tertiary/aromatic N) is 1. The Labute approximate surface area is 131 Å². The molecule has 0 saturated heterocycles. The van der Waals surface area contributed by atoms with Gasteiger partial charge in [0.2, 0.25) is 0 Å². The number of hydrogen-bond donors (Lipinski definition) is 0. The highest BCUT2D eigenvalue weighted by molar-refractivity contribution is 9.10. The first-order valence-electron chi connectivity index (χ1n) is 6.54. The molecule has 0 bridgehead atoms. The van der Waals surface area contributed by atoms with Crippen LogP contribution in [0.5, 0.6) is 0 Å². The summed E-state index contributed by atoms with van der Waals surface area (Å²) in [6, 6.07) is 17.3. The first-order chi connectivity index (χ1) is 10.2. The van der Waals surface area contributed by atoms with Gasteiger partial charge in [-0.15, -0.1) is 6.42 Å². The minimum absolute atomic E-state index is 0.0643. The summed E-state index contributed by atoms with van der Waals surface area (Å²) in [4.78, 5) is 12.7. The summed E-state index contributed by atoms with van der Waals surface area (Å²) in [6.07, 6.45) is 5.45. The van der Waals surface area contributed by atoms with E-state index in [0.717, 1.165) is 21.1 Å². The molecule has 0 unspecified atom stereocenters. The van der Waals surface area contributed by atoms with Crippen LogP contribution >= 0.6 is 15.9 Å². The molecule has 3 rings (SSSR count). The molecule has 2 aromatic carbocycles. The molecule has 0 fully saturated rings. The summed E-state index contributed by atoms with van der Waals surface area (Å²) in [5, 5.41) is 1.56. The van der Waals surface area contributed by atoms with Crippen LogP contribution in [0.1, 0.15) is 0 Å². The van der Waals surface area contributed by atoms with Gasteiger partial charge in [-0.25, -0.2) is 0 Å². The van der Waals surface area contributed by atoms with Crippen LogP contribution in [0.25, 0.3) is 22.0 Å². The fourth-order valence-electron chi connectivity index (χ4n) is 2.47. The van der Waals surface area contributed by atoms with E-state index in [0.29, 0.717) is 5.39 Å². The Morgan fingerprint density at radius 1 is 1.00 bits per heavy atom. The molecule has 3 heteroatoms. The van der Waals surface area contributed by atoms with Gasteiger partial charge in [0.25, 0.3) is 5.56 Å². The Morgan fingerprint density at radius 2 is 1.62 bits per heavy atom. The number of benzene rings is 2. The monoisotopic (exact) mass is 337 g/mol. The summed E-state index contributed by atoms with van der Waals surface area (Å²) < 4.78 is 2.53. The van der Waals surface area contributed by atoms with Crippen molar-refractivity contribution in [3.63, 3.8) is 0 Å². The van der Waals surface area contributed by atoms with Crippen LogP contribution in [0.2, 0.25) is 0 Å². The van der Waals surface area contributed by atoms with Crippen LogP contribution in [0, 0.1) is 12.3 Å². The van der Waals surface area contributed by atoms with Crippen molar-refractivity contribution < 1.29 is 0 Å². The third-order valence-electron chi connectivity index (χ3n) is 3.41. The van der Waals surface area contributed by atoms with Gasteiger partial charge in [-0.2, -0.15) is 0 Å². The van der Waals surface area contributed by atoms with E-state index in [1.165, 1.54) is 0 Å². The Hall–Kier alpha value is -2.31. The third-order valence-corrected chi connectivity index (χ3v) is 4.22. The summed E-state index contributed by atoms with van der Waals surface area (Å²) in [7, 11) is 0. The molecule has 2 nitrogen and oxygen atoms in total. The second-order valence-electron chi connectivity index (χ2n) is 4.67. The summed E-state index contributed by atoms with van der Waals surface area (Å²) >= 11 is 3.65. The summed E-state index contributed by atoms with van der Waals surface area (Å²) in [5.74, 6) is 2.57. The Balaban J connectivity index is 2.48. The van der Waals surface area contributed by atoms with Crippen LogP contribution < -0.4 is 5.56 Å². The van der Waals surface area contributed by atoms with Gasteiger partial charge in [0.1, 0.15) is 0 Å². The zero-order valence-corrected chi connectivity index (χ0v) is 12.8. The molecule has 21 heavy (non-hydrogen) atoms. The highest BCUT2D eigenvalue weighted by Crippen LogP contribution is 2.32. The van der Waals surface area contributed by atoms with E-state index in [9.17, 15) is 4.79 Å². The van der Waals surface area contributed by atoms with E-state index in [1.54, 1.807) is 4.57 Å². The van der Waals surface area contributed by atoms with Crippen LogP contribution in [0.4, 0.5) is 0 Å². The number of halogens is 1. The first-order valence-corrected chi connectivity index (χ1v) is 7.33. The van der Waals surface area contributed by atoms with E-state index < -0.39 is 0 Å². The van der Waals surface area contributed by atoms with Gasteiger partial charge in [0.15, 0.2) is 0 Å². The predicted octanol–water partition coefficient (Wildman–Crippen LogP) is 4.06. The maximum absolute atomic E-state index is 12.7. The molecule has 102 valence electrons. The molecular formula is C18H12BrNO. The van der Waals surface area contributed by atoms with Crippen molar-refractivity contribution in [3.8, 4) is 23.6 Å². The molecule has 0 aliphatic heterocycles. The summed E-state index contributed by atoms with van der Waals surface area (Å²) in [6.45, 7) is 0.243. The van der Waals surface area contributed by atoms with E-state index in [4.69, 9.17) is 6.42 Å². The van der Waals surface area contributed by atoms with Gasteiger partial charge in [0, 0.05) is 15.2 Å². The quantitative estimate of drug-likeness (QED) is 0.646. The van der Waals surface area contributed by atoms with Crippen LogP contribution in [-0.2, 0) is 6.54 Å². The molecule has 0 N–H and O–H groups in total. The topological polar surface area (TPSA) is 22.0 Å². The van der Waals surface area contributed by atoms with Crippen molar-refractivity contribution in [1.29, 1.82) is 0 Å². The van der Waals surface area contributed by atoms with Crippen LogP contribution in [0.3, 0.4) is 0 Å². The Morgan fingerprint density at radius 3 is 2.29 bits per heavy atom. The Kier molecular flexibility index (Phi) is 3.64. The smallest absolute Gasteiger partial charge is 0.259 e. The average Bonchev–Trinajstić information content (AvgIpc) is 2.54. The van der Waals surface area contributed by atoms with Crippen molar-refractivity contribution in [2.75, 3.05) is 0 Å². The van der Waals surface area contributed by atoms with E-state index in [-0.39, 0.29) is 12.1 Å². The lowest BCUT2D eigenvalue weighted by molar-refractivity contribution is 0.813. The molecule has 1 heterocycles. The summed E-state index contributed by atoms with van der Waals surface area (Å²) in [5.41, 5.74) is 1.71. The van der Waals surface area contributed by atoms with Crippen LogP contribution in [0.15, 0.2) is 63.9 Å². The normalized spacial score (nSPS) is 10.5. The van der Waals surface area contributed by atoms with Gasteiger partial charge < -0.3 is 0 Å². The largest absolute Gasteiger partial charge is 0.295 e. The number of pyridine rings is 1. The van der Waals surface area contributed by atoms with Crippen molar-refractivity contribution in [1.82, 2.24) is 4.57 Å². The highest BCUT2D eigenvalue weighted by atomic mass is 79.9. The Bertz CT molecular complexity index is 904. The zero-order valence-electron chi connectivity index (χ0n) is 11.2. The number of terminal acetylenes is 1. The molecule has 0 spiro atoms. The lowest BCUT2D eigenvalue weighted by Crippen LogP contribution is -2.22. The SMILES string of the molecule is C#CCn1c(-c2ccccc2)c(Br)c2ccccc2c1=O. The molecular weight excluding hydrogens is 326 g/mol. The molecule has 0 radical (unpaired) electrons. The fourth-order valence-corrected chi connectivity index (χ4v) is 3.26. The van der Waals surface area contributed by atoms with Crippen molar-refractivity contribution in [2.45, 2.75) is 6.54 Å². The predicted molar refractivity (Wildman–Crippen MR) is 90.2 cm³/mol. The van der Waals surface area contributed by atoms with E-state index in [1.807, 2.05) is 54.6 Å².